The Labute approximate surface area is 122 Å². The molecule has 1 atom stereocenters. The summed E-state index contributed by atoms with van der Waals surface area (Å²) in [5.74, 6) is -1.07. The van der Waals surface area contributed by atoms with Crippen LogP contribution in [0.15, 0.2) is 12.5 Å². The Morgan fingerprint density at radius 3 is 2.81 bits per heavy atom. The number of H-pyrrole nitrogens is 1. The van der Waals surface area contributed by atoms with E-state index in [0.29, 0.717) is 18.8 Å². The molecule has 2 heterocycles. The van der Waals surface area contributed by atoms with Gasteiger partial charge in [0.1, 0.15) is 6.04 Å². The summed E-state index contributed by atoms with van der Waals surface area (Å²) in [6.07, 6.45) is 4.91. The Morgan fingerprint density at radius 1 is 1.57 bits per heavy atom. The van der Waals surface area contributed by atoms with E-state index in [9.17, 15) is 14.7 Å². The van der Waals surface area contributed by atoms with Crippen molar-refractivity contribution in [1.29, 1.82) is 0 Å². The number of nitrogens with one attached hydrogen (secondary N) is 2. The highest BCUT2D eigenvalue weighted by atomic mass is 16.5. The summed E-state index contributed by atoms with van der Waals surface area (Å²) in [5.41, 5.74) is 0.667. The number of methoxy groups -OCH3 is 1. The van der Waals surface area contributed by atoms with Crippen LogP contribution in [-0.2, 0) is 16.0 Å². The summed E-state index contributed by atoms with van der Waals surface area (Å²) < 4.78 is 5.25. The highest BCUT2D eigenvalue weighted by Crippen LogP contribution is 2.13. The number of carboxylic acid groups (broad SMARTS) is 1. The summed E-state index contributed by atoms with van der Waals surface area (Å²) in [5, 5.41) is 11.8. The molecule has 1 aliphatic rings. The zero-order chi connectivity index (χ0) is 15.2. The molecule has 0 saturated carbocycles. The molecule has 0 aromatic carbocycles. The Bertz CT molecular complexity index is 469. The first kappa shape index (κ1) is 15.3. The number of urea groups is 1. The van der Waals surface area contributed by atoms with Crippen molar-refractivity contribution in [3.63, 3.8) is 0 Å². The van der Waals surface area contributed by atoms with Gasteiger partial charge in [-0.2, -0.15) is 0 Å². The van der Waals surface area contributed by atoms with Gasteiger partial charge < -0.3 is 25.0 Å². The lowest BCUT2D eigenvalue weighted by Crippen LogP contribution is -2.51. The third-order valence-corrected chi connectivity index (χ3v) is 3.64. The molecule has 0 unspecified atom stereocenters. The van der Waals surface area contributed by atoms with Crippen molar-refractivity contribution in [3.8, 4) is 0 Å². The van der Waals surface area contributed by atoms with Crippen LogP contribution in [0.1, 0.15) is 18.5 Å². The third-order valence-electron chi connectivity index (χ3n) is 3.64. The lowest BCUT2D eigenvalue weighted by atomic mass is 10.1. The molecule has 116 valence electrons. The molecule has 3 N–H and O–H groups in total. The van der Waals surface area contributed by atoms with E-state index in [2.05, 4.69) is 15.3 Å². The predicted molar refractivity (Wildman–Crippen MR) is 73.9 cm³/mol. The maximum absolute atomic E-state index is 12.1. The van der Waals surface area contributed by atoms with Crippen molar-refractivity contribution >= 4 is 12.0 Å². The van der Waals surface area contributed by atoms with E-state index in [4.69, 9.17) is 4.74 Å². The zero-order valence-electron chi connectivity index (χ0n) is 11.9. The number of piperidine rings is 1. The number of likely N-dealkylation sites (tertiary alicyclic amines) is 1. The average molecular weight is 296 g/mol. The van der Waals surface area contributed by atoms with Gasteiger partial charge in [0.2, 0.25) is 0 Å². The van der Waals surface area contributed by atoms with Crippen LogP contribution in [0.3, 0.4) is 0 Å². The molecule has 1 aromatic heterocycles. The Kier molecular flexibility index (Phi) is 5.15. The van der Waals surface area contributed by atoms with Crippen LogP contribution in [0.25, 0.3) is 0 Å². The van der Waals surface area contributed by atoms with E-state index < -0.39 is 12.0 Å². The van der Waals surface area contributed by atoms with Gasteiger partial charge in [-0.1, -0.05) is 0 Å². The van der Waals surface area contributed by atoms with E-state index in [0.717, 1.165) is 12.8 Å². The molecule has 2 amide bonds. The number of aromatic nitrogens is 2. The number of aromatic amines is 1. The number of carboxylic acids is 1. The molecule has 0 radical (unpaired) electrons. The van der Waals surface area contributed by atoms with Crippen LogP contribution in [0, 0.1) is 0 Å². The summed E-state index contributed by atoms with van der Waals surface area (Å²) in [4.78, 5) is 31.7. The summed E-state index contributed by atoms with van der Waals surface area (Å²) in [7, 11) is 1.66. The minimum atomic E-state index is -1.07. The van der Waals surface area contributed by atoms with E-state index >= 15 is 0 Å². The summed E-state index contributed by atoms with van der Waals surface area (Å²) >= 11 is 0. The molecular weight excluding hydrogens is 276 g/mol. The highest BCUT2D eigenvalue weighted by molar-refractivity contribution is 5.82. The average Bonchev–Trinajstić information content (AvgIpc) is 2.99. The quantitative estimate of drug-likeness (QED) is 0.720. The number of hydrogen-bond donors (Lipinski definition) is 3. The zero-order valence-corrected chi connectivity index (χ0v) is 11.9. The van der Waals surface area contributed by atoms with Gasteiger partial charge in [0.05, 0.1) is 12.4 Å². The van der Waals surface area contributed by atoms with Gasteiger partial charge in [-0.25, -0.2) is 14.6 Å². The molecule has 0 aliphatic carbocycles. The minimum absolute atomic E-state index is 0.175. The first-order valence-electron chi connectivity index (χ1n) is 6.88. The largest absolute Gasteiger partial charge is 0.480 e. The standard InChI is InChI=1S/C13H20N4O4/c1-21-10-2-4-17(5-3-10)13(20)16-11(12(18)19)6-9-7-14-8-15-9/h7-8,10-11H,2-6H2,1H3,(H,14,15)(H,16,20)(H,18,19)/t11-/m0/s1. The van der Waals surface area contributed by atoms with Gasteiger partial charge in [0.25, 0.3) is 0 Å². The third kappa shape index (κ3) is 4.19. The Balaban J connectivity index is 1.88. The maximum Gasteiger partial charge on any atom is 0.326 e. The van der Waals surface area contributed by atoms with Crippen LogP contribution in [0.5, 0.6) is 0 Å². The lowest BCUT2D eigenvalue weighted by molar-refractivity contribution is -0.139. The maximum atomic E-state index is 12.1. The van der Waals surface area contributed by atoms with Crippen molar-refractivity contribution in [1.82, 2.24) is 20.2 Å². The van der Waals surface area contributed by atoms with Gasteiger partial charge in [-0.05, 0) is 12.8 Å². The fourth-order valence-corrected chi connectivity index (χ4v) is 2.35. The van der Waals surface area contributed by atoms with E-state index in [1.165, 1.54) is 6.33 Å². The van der Waals surface area contributed by atoms with Crippen LogP contribution >= 0.6 is 0 Å². The molecule has 2 rings (SSSR count). The second-order valence-electron chi connectivity index (χ2n) is 5.04. The molecule has 1 fully saturated rings. The van der Waals surface area contributed by atoms with Gasteiger partial charge in [-0.15, -0.1) is 0 Å². The number of carbonyl (C=O) groups is 2. The molecule has 21 heavy (non-hydrogen) atoms. The molecule has 1 aliphatic heterocycles. The minimum Gasteiger partial charge on any atom is -0.480 e. The molecule has 8 heteroatoms. The number of aliphatic carboxylic acids is 1. The second kappa shape index (κ2) is 7.07. The van der Waals surface area contributed by atoms with E-state index in [1.807, 2.05) is 0 Å². The molecule has 0 spiro atoms. The summed E-state index contributed by atoms with van der Waals surface area (Å²) in [6.45, 7) is 1.14. The smallest absolute Gasteiger partial charge is 0.326 e. The van der Waals surface area contributed by atoms with Crippen LogP contribution in [-0.4, -0.2) is 64.3 Å². The number of rotatable bonds is 5. The second-order valence-corrected chi connectivity index (χ2v) is 5.04. The number of hydrogen-bond acceptors (Lipinski definition) is 4. The molecule has 1 aromatic rings. The monoisotopic (exact) mass is 296 g/mol. The van der Waals surface area contributed by atoms with Gasteiger partial charge >= 0.3 is 12.0 Å². The van der Waals surface area contributed by atoms with Crippen LogP contribution in [0.2, 0.25) is 0 Å². The first-order chi connectivity index (χ1) is 10.1. The van der Waals surface area contributed by atoms with Gasteiger partial charge in [0.15, 0.2) is 0 Å². The first-order valence-corrected chi connectivity index (χ1v) is 6.88. The number of imidazole rings is 1. The number of ether oxygens (including phenoxy) is 1. The molecule has 1 saturated heterocycles. The van der Waals surface area contributed by atoms with Crippen molar-refractivity contribution in [2.45, 2.75) is 31.4 Å². The van der Waals surface area contributed by atoms with Crippen molar-refractivity contribution in [3.05, 3.63) is 18.2 Å². The van der Waals surface area contributed by atoms with Crippen molar-refractivity contribution < 1.29 is 19.4 Å². The lowest BCUT2D eigenvalue weighted by Gasteiger charge is -2.32. The topological polar surface area (TPSA) is 108 Å². The SMILES string of the molecule is COC1CCN(C(=O)N[C@@H](Cc2cnc[nH]2)C(=O)O)CC1. The highest BCUT2D eigenvalue weighted by Gasteiger charge is 2.27. The summed E-state index contributed by atoms with van der Waals surface area (Å²) in [6, 6.07) is -1.32. The number of nitrogens with zero attached hydrogens (tertiary/aromatic N) is 2. The molecule has 0 bridgehead atoms. The molecule has 8 nitrogen and oxygen atoms in total. The van der Waals surface area contributed by atoms with Gasteiger partial charge in [0, 0.05) is 38.5 Å². The van der Waals surface area contributed by atoms with Crippen molar-refractivity contribution in [2.24, 2.45) is 0 Å². The van der Waals surface area contributed by atoms with Crippen LogP contribution < -0.4 is 5.32 Å². The Hall–Kier alpha value is -2.09. The van der Waals surface area contributed by atoms with Crippen molar-refractivity contribution in [2.75, 3.05) is 20.2 Å². The number of amides is 2. The molecular formula is C13H20N4O4. The Morgan fingerprint density at radius 2 is 2.29 bits per heavy atom. The van der Waals surface area contributed by atoms with E-state index in [1.54, 1.807) is 18.2 Å². The number of carbonyl (C=O) groups excluding carboxylic acids is 1. The van der Waals surface area contributed by atoms with Crippen LogP contribution in [0.4, 0.5) is 4.79 Å². The van der Waals surface area contributed by atoms with E-state index in [-0.39, 0.29) is 18.6 Å². The predicted octanol–water partition coefficient (Wildman–Crippen LogP) is 0.226. The fourth-order valence-electron chi connectivity index (χ4n) is 2.35. The fraction of sp³-hybridized carbons (Fsp3) is 0.615. The van der Waals surface area contributed by atoms with Gasteiger partial charge in [-0.3, -0.25) is 0 Å². The normalized spacial score (nSPS) is 17.5.